The van der Waals surface area contributed by atoms with Gasteiger partial charge in [0.05, 0.1) is 10.6 Å². The third-order valence-electron chi connectivity index (χ3n) is 3.53. The lowest BCUT2D eigenvalue weighted by molar-refractivity contribution is -0.115. The zero-order valence-electron chi connectivity index (χ0n) is 13.1. The Morgan fingerprint density at radius 1 is 1.24 bits per heavy atom. The van der Waals surface area contributed by atoms with Gasteiger partial charge in [0.2, 0.25) is 0 Å². The first-order valence-electron chi connectivity index (χ1n) is 7.49. The Morgan fingerprint density at radius 3 is 2.84 bits per heavy atom. The largest absolute Gasteiger partial charge is 0.441 e. The molecule has 0 radical (unpaired) electrons. The smallest absolute Gasteiger partial charge is 0.264 e. The van der Waals surface area contributed by atoms with Crippen LogP contribution in [0.5, 0.6) is 0 Å². The number of benzene rings is 2. The number of nitrogens with one attached hydrogen (secondary N) is 1. The number of rotatable bonds is 2. The number of nitrogens with zero attached hydrogens (tertiary/aromatic N) is 2. The van der Waals surface area contributed by atoms with E-state index in [0.717, 1.165) is 16.8 Å². The van der Waals surface area contributed by atoms with Crippen molar-refractivity contribution in [1.29, 1.82) is 0 Å². The number of amidine groups is 1. The third-order valence-corrected chi connectivity index (χ3v) is 4.69. The maximum atomic E-state index is 12.2. The topological polar surface area (TPSA) is 67.5 Å². The highest BCUT2D eigenvalue weighted by atomic mass is 35.5. The Labute approximate surface area is 152 Å². The molecule has 0 atom stereocenters. The predicted octanol–water partition coefficient (Wildman–Crippen LogP) is 4.68. The van der Waals surface area contributed by atoms with Crippen molar-refractivity contribution in [1.82, 2.24) is 10.3 Å². The van der Waals surface area contributed by atoms with Crippen molar-refractivity contribution in [3.63, 3.8) is 0 Å². The van der Waals surface area contributed by atoms with Gasteiger partial charge in [-0.25, -0.2) is 9.98 Å². The highest BCUT2D eigenvalue weighted by Crippen LogP contribution is 2.29. The molecule has 25 heavy (non-hydrogen) atoms. The third kappa shape index (κ3) is 3.45. The van der Waals surface area contributed by atoms with E-state index in [1.807, 2.05) is 24.3 Å². The fourth-order valence-electron chi connectivity index (χ4n) is 2.41. The molecule has 4 rings (SSSR count). The Morgan fingerprint density at radius 2 is 2.04 bits per heavy atom. The predicted molar refractivity (Wildman–Crippen MR) is 101 cm³/mol. The number of hydrogen-bond donors (Lipinski definition) is 1. The molecule has 5 nitrogen and oxygen atoms in total. The number of fused-ring (bicyclic) bond motifs is 1. The minimum Gasteiger partial charge on any atom is -0.441 e. The number of aliphatic imine (C=N–C) groups is 1. The van der Waals surface area contributed by atoms with E-state index in [0.29, 0.717) is 26.6 Å². The van der Waals surface area contributed by atoms with Crippen LogP contribution >= 0.6 is 23.4 Å². The molecular formula is C18H12ClN3O2S. The first-order chi connectivity index (χ1) is 12.1. The molecule has 124 valence electrons. The molecule has 1 aliphatic heterocycles. The van der Waals surface area contributed by atoms with Gasteiger partial charge in [-0.1, -0.05) is 17.7 Å². The molecule has 0 saturated carbocycles. The van der Waals surface area contributed by atoms with Crippen LogP contribution in [0.4, 0.5) is 5.69 Å². The van der Waals surface area contributed by atoms with E-state index in [2.05, 4.69) is 15.3 Å². The zero-order chi connectivity index (χ0) is 17.4. The molecule has 1 aromatic heterocycles. The van der Waals surface area contributed by atoms with Crippen molar-refractivity contribution >= 4 is 57.3 Å². The lowest BCUT2D eigenvalue weighted by atomic mass is 10.2. The SMILES string of the molecule is Cc1nc2ccc(/C=C3/SC(=Nc4ccc(Cl)cc4)NC3=O)cc2o1. The number of carbonyl (C=O) groups excluding carboxylic acids is 1. The highest BCUT2D eigenvalue weighted by molar-refractivity contribution is 8.18. The van der Waals surface area contributed by atoms with Crippen LogP contribution in [-0.4, -0.2) is 16.1 Å². The van der Waals surface area contributed by atoms with E-state index in [9.17, 15) is 4.79 Å². The molecule has 2 heterocycles. The molecule has 3 aromatic rings. The van der Waals surface area contributed by atoms with Crippen molar-refractivity contribution in [2.75, 3.05) is 0 Å². The van der Waals surface area contributed by atoms with Crippen LogP contribution in [0.15, 0.2) is 56.8 Å². The number of thioether (sulfide) groups is 1. The standard InChI is InChI=1S/C18H12ClN3O2S/c1-10-20-14-7-2-11(8-15(14)24-10)9-16-17(23)22-18(25-16)21-13-5-3-12(19)4-6-13/h2-9H,1H3,(H,21,22,23)/b16-9+. The van der Waals surface area contributed by atoms with E-state index in [1.165, 1.54) is 11.8 Å². The fraction of sp³-hybridized carbons (Fsp3) is 0.0556. The lowest BCUT2D eigenvalue weighted by Gasteiger charge is -1.96. The minimum atomic E-state index is -0.174. The quantitative estimate of drug-likeness (QED) is 0.666. The van der Waals surface area contributed by atoms with Crippen molar-refractivity contribution in [2.45, 2.75) is 6.92 Å². The van der Waals surface area contributed by atoms with Crippen LogP contribution in [0, 0.1) is 6.92 Å². The van der Waals surface area contributed by atoms with Gasteiger partial charge in [-0.3, -0.25) is 4.79 Å². The summed E-state index contributed by atoms with van der Waals surface area (Å²) in [6.45, 7) is 1.80. The van der Waals surface area contributed by atoms with Gasteiger partial charge in [0.25, 0.3) is 5.91 Å². The zero-order valence-corrected chi connectivity index (χ0v) is 14.7. The molecular weight excluding hydrogens is 358 g/mol. The summed E-state index contributed by atoms with van der Waals surface area (Å²) >= 11 is 7.16. The Kier molecular flexibility index (Phi) is 4.07. The van der Waals surface area contributed by atoms with Gasteiger partial charge in [0, 0.05) is 11.9 Å². The number of oxazole rings is 1. The first-order valence-corrected chi connectivity index (χ1v) is 8.69. The van der Waals surface area contributed by atoms with Crippen molar-refractivity contribution < 1.29 is 9.21 Å². The number of amides is 1. The molecule has 1 amide bonds. The first kappa shape index (κ1) is 15.9. The summed E-state index contributed by atoms with van der Waals surface area (Å²) in [4.78, 5) is 21.4. The number of aromatic nitrogens is 1. The van der Waals surface area contributed by atoms with Gasteiger partial charge in [-0.2, -0.15) is 0 Å². The van der Waals surface area contributed by atoms with Gasteiger partial charge in [0.1, 0.15) is 5.52 Å². The second-order valence-corrected chi connectivity index (χ2v) is 6.89. The van der Waals surface area contributed by atoms with Gasteiger partial charge >= 0.3 is 0 Å². The van der Waals surface area contributed by atoms with Crippen LogP contribution in [0.3, 0.4) is 0 Å². The molecule has 0 spiro atoms. The molecule has 0 aliphatic carbocycles. The number of halogens is 1. The Balaban J connectivity index is 1.60. The molecule has 1 saturated heterocycles. The maximum Gasteiger partial charge on any atom is 0.264 e. The molecule has 2 aromatic carbocycles. The molecule has 1 N–H and O–H groups in total. The van der Waals surface area contributed by atoms with E-state index in [1.54, 1.807) is 31.2 Å². The van der Waals surface area contributed by atoms with Crippen LogP contribution in [0.1, 0.15) is 11.5 Å². The monoisotopic (exact) mass is 369 g/mol. The van der Waals surface area contributed by atoms with Crippen LogP contribution in [0.2, 0.25) is 5.02 Å². The number of aryl methyl sites for hydroxylation is 1. The second kappa shape index (κ2) is 6.38. The second-order valence-electron chi connectivity index (χ2n) is 5.42. The molecule has 7 heteroatoms. The average Bonchev–Trinajstić information content (AvgIpc) is 3.11. The molecule has 0 bridgehead atoms. The average molecular weight is 370 g/mol. The van der Waals surface area contributed by atoms with E-state index < -0.39 is 0 Å². The Bertz CT molecular complexity index is 1040. The normalized spacial score (nSPS) is 17.6. The number of carbonyl (C=O) groups is 1. The Hall–Kier alpha value is -2.57. The van der Waals surface area contributed by atoms with E-state index in [4.69, 9.17) is 16.0 Å². The van der Waals surface area contributed by atoms with Crippen molar-refractivity contribution in [2.24, 2.45) is 4.99 Å². The molecule has 0 unspecified atom stereocenters. The molecule has 1 aliphatic rings. The molecule has 1 fully saturated rings. The summed E-state index contributed by atoms with van der Waals surface area (Å²) in [6.07, 6.45) is 1.81. The minimum absolute atomic E-state index is 0.174. The summed E-state index contributed by atoms with van der Waals surface area (Å²) < 4.78 is 5.53. The van der Waals surface area contributed by atoms with Crippen molar-refractivity contribution in [3.8, 4) is 0 Å². The summed E-state index contributed by atoms with van der Waals surface area (Å²) in [5.41, 5.74) is 3.10. The lowest BCUT2D eigenvalue weighted by Crippen LogP contribution is -2.19. The summed E-state index contributed by atoms with van der Waals surface area (Å²) in [5, 5.41) is 3.95. The number of hydrogen-bond acceptors (Lipinski definition) is 5. The van der Waals surface area contributed by atoms with E-state index >= 15 is 0 Å². The highest BCUT2D eigenvalue weighted by Gasteiger charge is 2.23. The maximum absolute atomic E-state index is 12.2. The van der Waals surface area contributed by atoms with Crippen LogP contribution in [-0.2, 0) is 4.79 Å². The van der Waals surface area contributed by atoms with Crippen LogP contribution in [0.25, 0.3) is 17.2 Å². The van der Waals surface area contributed by atoms with Gasteiger partial charge in [-0.15, -0.1) is 0 Å². The summed E-state index contributed by atoms with van der Waals surface area (Å²) in [5.74, 6) is 0.441. The summed E-state index contributed by atoms with van der Waals surface area (Å²) in [7, 11) is 0. The van der Waals surface area contributed by atoms with Gasteiger partial charge < -0.3 is 9.73 Å². The van der Waals surface area contributed by atoms with Gasteiger partial charge in [0.15, 0.2) is 16.6 Å². The summed E-state index contributed by atoms with van der Waals surface area (Å²) in [6, 6.07) is 12.7. The van der Waals surface area contributed by atoms with Crippen LogP contribution < -0.4 is 5.32 Å². The fourth-order valence-corrected chi connectivity index (χ4v) is 3.38. The van der Waals surface area contributed by atoms with Gasteiger partial charge in [-0.05, 0) is 59.8 Å². The van der Waals surface area contributed by atoms with Crippen molar-refractivity contribution in [3.05, 3.63) is 63.8 Å². The van der Waals surface area contributed by atoms with E-state index in [-0.39, 0.29) is 5.91 Å².